The number of sulfonamides is 1. The van der Waals surface area contributed by atoms with Crippen LogP contribution in [-0.2, 0) is 19.9 Å². The summed E-state index contributed by atoms with van der Waals surface area (Å²) in [5.41, 5.74) is 0. The van der Waals surface area contributed by atoms with E-state index >= 15 is 0 Å². The van der Waals surface area contributed by atoms with Crippen LogP contribution in [0.3, 0.4) is 0 Å². The molecule has 0 aromatic carbocycles. The topological polar surface area (TPSA) is 83.6 Å². The molecule has 0 amide bonds. The van der Waals surface area contributed by atoms with Gasteiger partial charge in [-0.1, -0.05) is 6.92 Å². The Labute approximate surface area is 122 Å². The van der Waals surface area contributed by atoms with E-state index in [0.717, 1.165) is 32.1 Å². The third kappa shape index (κ3) is 5.67. The Hall–Kier alpha value is -0.180. The molecular formula is C12H26N2O4S2. The normalized spacial score (nSPS) is 20.9. The van der Waals surface area contributed by atoms with Gasteiger partial charge in [0.1, 0.15) is 0 Å². The fourth-order valence-corrected chi connectivity index (χ4v) is 6.07. The molecule has 1 aliphatic rings. The minimum Gasteiger partial charge on any atom is -0.314 e. The Morgan fingerprint density at radius 3 is 2.20 bits per heavy atom. The van der Waals surface area contributed by atoms with Crippen molar-refractivity contribution in [3.05, 3.63) is 0 Å². The summed E-state index contributed by atoms with van der Waals surface area (Å²) in [7, 11) is -7.20. The number of hydrogen-bond donors (Lipinski definition) is 1. The van der Waals surface area contributed by atoms with Gasteiger partial charge in [-0.05, 0) is 38.6 Å². The lowest BCUT2D eigenvalue weighted by molar-refractivity contribution is 0.232. The van der Waals surface area contributed by atoms with Crippen molar-refractivity contribution >= 4 is 19.9 Å². The molecule has 1 aliphatic heterocycles. The van der Waals surface area contributed by atoms with Gasteiger partial charge in [0.05, 0.1) is 0 Å². The van der Waals surface area contributed by atoms with Gasteiger partial charge in [0.15, 0.2) is 14.9 Å². The minimum absolute atomic E-state index is 0.370. The third-order valence-electron chi connectivity index (χ3n) is 3.68. The van der Waals surface area contributed by atoms with Gasteiger partial charge in [0.2, 0.25) is 10.0 Å². The maximum atomic E-state index is 12.0. The zero-order valence-electron chi connectivity index (χ0n) is 12.5. The molecule has 6 nitrogen and oxygen atoms in total. The number of rotatable bonds is 7. The van der Waals surface area contributed by atoms with Gasteiger partial charge in [-0.3, -0.25) is 0 Å². The Morgan fingerprint density at radius 1 is 1.20 bits per heavy atom. The molecule has 0 aromatic heterocycles. The van der Waals surface area contributed by atoms with Gasteiger partial charge in [0, 0.05) is 25.4 Å². The van der Waals surface area contributed by atoms with Crippen molar-refractivity contribution < 1.29 is 16.8 Å². The Morgan fingerprint density at radius 2 is 1.75 bits per heavy atom. The molecule has 1 N–H and O–H groups in total. The molecule has 1 saturated heterocycles. The quantitative estimate of drug-likeness (QED) is 0.733. The third-order valence-corrected chi connectivity index (χ3v) is 7.73. The monoisotopic (exact) mass is 326 g/mol. The van der Waals surface area contributed by atoms with Gasteiger partial charge in [-0.15, -0.1) is 0 Å². The number of hydrogen-bond acceptors (Lipinski definition) is 5. The standard InChI is InChI=1S/C12H26N2O4S2/c1-4-7-13-11(2)12-5-8-14(9-6-12)20(17,18)10-19(3,15)16/h11-13H,4-10H2,1-3H3. The largest absolute Gasteiger partial charge is 0.314 e. The lowest BCUT2D eigenvalue weighted by Gasteiger charge is -2.34. The molecule has 0 spiro atoms. The highest BCUT2D eigenvalue weighted by Crippen LogP contribution is 2.23. The molecule has 8 heteroatoms. The van der Waals surface area contributed by atoms with Crippen molar-refractivity contribution in [1.29, 1.82) is 0 Å². The molecule has 1 unspecified atom stereocenters. The van der Waals surface area contributed by atoms with E-state index in [-0.39, 0.29) is 0 Å². The van der Waals surface area contributed by atoms with Crippen LogP contribution in [-0.4, -0.2) is 58.2 Å². The summed E-state index contributed by atoms with van der Waals surface area (Å²) in [6, 6.07) is 0.370. The van der Waals surface area contributed by atoms with Crippen molar-refractivity contribution in [2.24, 2.45) is 5.92 Å². The van der Waals surface area contributed by atoms with Crippen molar-refractivity contribution in [2.75, 3.05) is 31.0 Å². The highest BCUT2D eigenvalue weighted by Gasteiger charge is 2.32. The smallest absolute Gasteiger partial charge is 0.228 e. The first-order chi connectivity index (χ1) is 9.15. The fourth-order valence-electron chi connectivity index (χ4n) is 2.54. The lowest BCUT2D eigenvalue weighted by atomic mass is 9.91. The first-order valence-corrected chi connectivity index (χ1v) is 10.7. The zero-order chi connectivity index (χ0) is 15.4. The van der Waals surface area contributed by atoms with E-state index in [0.29, 0.717) is 25.0 Å². The first-order valence-electron chi connectivity index (χ1n) is 7.04. The van der Waals surface area contributed by atoms with E-state index in [1.807, 2.05) is 0 Å². The van der Waals surface area contributed by atoms with E-state index < -0.39 is 24.9 Å². The van der Waals surface area contributed by atoms with Crippen LogP contribution in [0.25, 0.3) is 0 Å². The maximum Gasteiger partial charge on any atom is 0.228 e. The van der Waals surface area contributed by atoms with Crippen LogP contribution < -0.4 is 5.32 Å². The summed E-state index contributed by atoms with van der Waals surface area (Å²) in [4.78, 5) is 0. The lowest BCUT2D eigenvalue weighted by Crippen LogP contribution is -2.45. The Balaban J connectivity index is 2.53. The second-order valence-electron chi connectivity index (χ2n) is 5.63. The number of nitrogens with zero attached hydrogens (tertiary/aromatic N) is 1. The average Bonchev–Trinajstić information content (AvgIpc) is 2.33. The van der Waals surface area contributed by atoms with Gasteiger partial charge in [-0.2, -0.15) is 0 Å². The van der Waals surface area contributed by atoms with Crippen LogP contribution in [0, 0.1) is 5.92 Å². The molecule has 1 atom stereocenters. The minimum atomic E-state index is -3.68. The second kappa shape index (κ2) is 7.20. The molecule has 0 radical (unpaired) electrons. The summed E-state index contributed by atoms with van der Waals surface area (Å²) in [5, 5.41) is 2.65. The van der Waals surface area contributed by atoms with Crippen LogP contribution in [0.15, 0.2) is 0 Å². The van der Waals surface area contributed by atoms with Crippen LogP contribution in [0.2, 0.25) is 0 Å². The molecule has 0 saturated carbocycles. The number of sulfone groups is 1. The summed E-state index contributed by atoms with van der Waals surface area (Å²) >= 11 is 0. The van der Waals surface area contributed by atoms with Crippen molar-refractivity contribution in [3.8, 4) is 0 Å². The molecule has 1 fully saturated rings. The van der Waals surface area contributed by atoms with Gasteiger partial charge in [0.25, 0.3) is 0 Å². The molecule has 20 heavy (non-hydrogen) atoms. The molecule has 120 valence electrons. The highest BCUT2D eigenvalue weighted by molar-refractivity contribution is 8.06. The number of nitrogens with one attached hydrogen (secondary N) is 1. The SMILES string of the molecule is CCCNC(C)C1CCN(S(=O)(=O)CS(C)(=O)=O)CC1. The van der Waals surface area contributed by atoms with Gasteiger partial charge >= 0.3 is 0 Å². The van der Waals surface area contributed by atoms with Crippen molar-refractivity contribution in [3.63, 3.8) is 0 Å². The van der Waals surface area contributed by atoms with E-state index in [4.69, 9.17) is 0 Å². The van der Waals surface area contributed by atoms with E-state index in [1.165, 1.54) is 4.31 Å². The number of piperidine rings is 1. The molecular weight excluding hydrogens is 300 g/mol. The molecule has 0 aromatic rings. The molecule has 0 bridgehead atoms. The predicted molar refractivity (Wildman–Crippen MR) is 80.7 cm³/mol. The average molecular weight is 326 g/mol. The Kier molecular flexibility index (Phi) is 6.43. The zero-order valence-corrected chi connectivity index (χ0v) is 14.1. The summed E-state index contributed by atoms with van der Waals surface area (Å²) in [6.45, 7) is 6.04. The van der Waals surface area contributed by atoms with E-state index in [2.05, 4.69) is 19.2 Å². The van der Waals surface area contributed by atoms with Crippen molar-refractivity contribution in [2.45, 2.75) is 39.2 Å². The van der Waals surface area contributed by atoms with E-state index in [9.17, 15) is 16.8 Å². The summed E-state index contributed by atoms with van der Waals surface area (Å²) in [5.74, 6) is 0.450. The molecule has 0 aliphatic carbocycles. The van der Waals surface area contributed by atoms with Crippen LogP contribution >= 0.6 is 0 Å². The van der Waals surface area contributed by atoms with Gasteiger partial charge in [-0.25, -0.2) is 21.1 Å². The second-order valence-corrected chi connectivity index (χ2v) is 10.1. The summed E-state index contributed by atoms with van der Waals surface area (Å²) < 4.78 is 47.6. The molecule has 1 rings (SSSR count). The van der Waals surface area contributed by atoms with Crippen LogP contribution in [0.5, 0.6) is 0 Å². The predicted octanol–water partition coefficient (Wildman–Crippen LogP) is 0.418. The van der Waals surface area contributed by atoms with E-state index in [1.54, 1.807) is 0 Å². The van der Waals surface area contributed by atoms with Crippen LogP contribution in [0.1, 0.15) is 33.1 Å². The van der Waals surface area contributed by atoms with Crippen LogP contribution in [0.4, 0.5) is 0 Å². The summed E-state index contributed by atoms with van der Waals surface area (Å²) in [6.07, 6.45) is 3.59. The van der Waals surface area contributed by atoms with Gasteiger partial charge < -0.3 is 5.32 Å². The molecule has 1 heterocycles. The Bertz CT molecular complexity index is 494. The van der Waals surface area contributed by atoms with Crippen molar-refractivity contribution in [1.82, 2.24) is 9.62 Å². The highest BCUT2D eigenvalue weighted by atomic mass is 32.3. The fraction of sp³-hybridized carbons (Fsp3) is 1.00. The first kappa shape index (κ1) is 17.9. The maximum absolute atomic E-state index is 12.0.